The Bertz CT molecular complexity index is 621. The molecule has 1 rings (SSSR count). The monoisotopic (exact) mass is 305 g/mol. The van der Waals surface area contributed by atoms with Crippen LogP contribution in [-0.2, 0) is 26.2 Å². The summed E-state index contributed by atoms with van der Waals surface area (Å²) < 4.78 is 27.3. The van der Waals surface area contributed by atoms with E-state index >= 15 is 0 Å². The first-order chi connectivity index (χ1) is 9.17. The smallest absolute Gasteiger partial charge is 0.322 e. The number of nitrogens with zero attached hydrogens (tertiary/aromatic N) is 2. The third-order valence-corrected chi connectivity index (χ3v) is 3.89. The molecule has 0 saturated heterocycles. The second-order valence-electron chi connectivity index (χ2n) is 4.02. The van der Waals surface area contributed by atoms with Gasteiger partial charge >= 0.3 is 11.9 Å². The second kappa shape index (κ2) is 6.01. The number of nitrogens with one attached hydrogen (secondary N) is 1. The summed E-state index contributed by atoms with van der Waals surface area (Å²) in [7, 11) is -4.19. The van der Waals surface area contributed by atoms with Gasteiger partial charge in [-0.2, -0.15) is 4.72 Å². The summed E-state index contributed by atoms with van der Waals surface area (Å²) in [6, 6.07) is -1.75. The van der Waals surface area contributed by atoms with E-state index in [4.69, 9.17) is 10.2 Å². The molecule has 0 saturated carbocycles. The largest absolute Gasteiger partial charge is 0.481 e. The van der Waals surface area contributed by atoms with Crippen LogP contribution in [0.15, 0.2) is 11.2 Å². The minimum Gasteiger partial charge on any atom is -0.481 e. The number of carboxylic acids is 2. The molecule has 1 heterocycles. The summed E-state index contributed by atoms with van der Waals surface area (Å²) in [5.41, 5.74) is 0. The van der Waals surface area contributed by atoms with Crippen LogP contribution in [0.1, 0.15) is 19.2 Å². The molecule has 0 spiro atoms. The minimum absolute atomic E-state index is 0.339. The first-order valence-corrected chi connectivity index (χ1v) is 7.16. The number of aryl methyl sites for hydroxylation is 2. The number of aliphatic carboxylic acids is 2. The molecule has 0 bridgehead atoms. The van der Waals surface area contributed by atoms with Gasteiger partial charge in [-0.15, -0.1) is 0 Å². The number of hydrogen-bond donors (Lipinski definition) is 3. The SMILES string of the molecule is CCn1cc(S(=O)(=O)N[C@@H](CC(=O)O)C(=O)O)nc1C. The molecule has 0 amide bonds. The van der Waals surface area contributed by atoms with E-state index in [2.05, 4.69) is 4.98 Å². The molecule has 1 atom stereocenters. The van der Waals surface area contributed by atoms with Gasteiger partial charge in [0.25, 0.3) is 10.0 Å². The van der Waals surface area contributed by atoms with Gasteiger partial charge < -0.3 is 14.8 Å². The lowest BCUT2D eigenvalue weighted by Gasteiger charge is -2.11. The lowest BCUT2D eigenvalue weighted by atomic mass is 10.2. The molecular weight excluding hydrogens is 290 g/mol. The highest BCUT2D eigenvalue weighted by molar-refractivity contribution is 7.89. The zero-order chi connectivity index (χ0) is 15.5. The van der Waals surface area contributed by atoms with E-state index in [1.807, 2.05) is 4.72 Å². The molecule has 0 aliphatic carbocycles. The van der Waals surface area contributed by atoms with Gasteiger partial charge in [-0.1, -0.05) is 0 Å². The van der Waals surface area contributed by atoms with Gasteiger partial charge in [0.1, 0.15) is 11.9 Å². The van der Waals surface area contributed by atoms with Crippen molar-refractivity contribution in [1.82, 2.24) is 14.3 Å². The minimum atomic E-state index is -4.19. The maximum atomic E-state index is 12.0. The topological polar surface area (TPSA) is 139 Å². The quantitative estimate of drug-likeness (QED) is 0.612. The Morgan fingerprint density at radius 3 is 2.45 bits per heavy atom. The van der Waals surface area contributed by atoms with Crippen LogP contribution in [0.25, 0.3) is 0 Å². The lowest BCUT2D eigenvalue weighted by molar-refractivity contribution is -0.145. The van der Waals surface area contributed by atoms with Gasteiger partial charge in [-0.05, 0) is 13.8 Å². The van der Waals surface area contributed by atoms with Crippen LogP contribution in [0.3, 0.4) is 0 Å². The molecule has 0 radical (unpaired) electrons. The van der Waals surface area contributed by atoms with Crippen LogP contribution >= 0.6 is 0 Å². The van der Waals surface area contributed by atoms with Crippen molar-refractivity contribution in [2.75, 3.05) is 0 Å². The second-order valence-corrected chi connectivity index (χ2v) is 5.68. The number of sulfonamides is 1. The van der Waals surface area contributed by atoms with E-state index in [0.717, 1.165) is 0 Å². The van der Waals surface area contributed by atoms with Crippen molar-refractivity contribution in [3.63, 3.8) is 0 Å². The number of imidazole rings is 1. The highest BCUT2D eigenvalue weighted by Gasteiger charge is 2.29. The maximum Gasteiger partial charge on any atom is 0.322 e. The van der Waals surface area contributed by atoms with Gasteiger partial charge in [-0.25, -0.2) is 13.4 Å². The molecule has 20 heavy (non-hydrogen) atoms. The maximum absolute atomic E-state index is 12.0. The van der Waals surface area contributed by atoms with Crippen LogP contribution < -0.4 is 4.72 Å². The van der Waals surface area contributed by atoms with Crippen LogP contribution in [0, 0.1) is 6.92 Å². The van der Waals surface area contributed by atoms with Crippen molar-refractivity contribution in [3.8, 4) is 0 Å². The Hall–Kier alpha value is -1.94. The predicted molar refractivity (Wildman–Crippen MR) is 66.6 cm³/mol. The number of aromatic nitrogens is 2. The molecule has 9 nitrogen and oxygen atoms in total. The molecule has 0 fully saturated rings. The molecule has 0 aliphatic rings. The van der Waals surface area contributed by atoms with E-state index in [1.54, 1.807) is 18.4 Å². The highest BCUT2D eigenvalue weighted by Crippen LogP contribution is 2.10. The highest BCUT2D eigenvalue weighted by atomic mass is 32.2. The van der Waals surface area contributed by atoms with Crippen LogP contribution in [-0.4, -0.2) is 46.2 Å². The van der Waals surface area contributed by atoms with E-state index in [-0.39, 0.29) is 5.03 Å². The van der Waals surface area contributed by atoms with Crippen LogP contribution in [0.5, 0.6) is 0 Å². The number of rotatable bonds is 7. The third kappa shape index (κ3) is 3.78. The summed E-state index contributed by atoms with van der Waals surface area (Å²) in [5, 5.41) is 17.1. The summed E-state index contributed by atoms with van der Waals surface area (Å²) in [6.07, 6.45) is 0.402. The molecule has 1 aromatic rings. The molecule has 112 valence electrons. The van der Waals surface area contributed by atoms with Crippen molar-refractivity contribution in [3.05, 3.63) is 12.0 Å². The number of hydrogen-bond acceptors (Lipinski definition) is 5. The average molecular weight is 305 g/mol. The standard InChI is InChI=1S/C10H15N3O6S/c1-3-13-5-8(11-6(13)2)20(18,19)12-7(10(16)17)4-9(14)15/h5,7,12H,3-4H2,1-2H3,(H,14,15)(H,16,17)/t7-/m0/s1. The Labute approximate surface area is 115 Å². The zero-order valence-electron chi connectivity index (χ0n) is 10.9. The molecular formula is C10H15N3O6S. The molecule has 10 heteroatoms. The Morgan fingerprint density at radius 2 is 2.05 bits per heavy atom. The number of carbonyl (C=O) groups is 2. The summed E-state index contributed by atoms with van der Waals surface area (Å²) >= 11 is 0. The van der Waals surface area contributed by atoms with Gasteiger partial charge in [0.15, 0.2) is 5.03 Å². The third-order valence-electron chi connectivity index (χ3n) is 2.54. The lowest BCUT2D eigenvalue weighted by Crippen LogP contribution is -2.42. The van der Waals surface area contributed by atoms with Crippen LogP contribution in [0.4, 0.5) is 0 Å². The first kappa shape index (κ1) is 16.1. The fourth-order valence-corrected chi connectivity index (χ4v) is 2.73. The van der Waals surface area contributed by atoms with E-state index in [0.29, 0.717) is 12.4 Å². The van der Waals surface area contributed by atoms with Crippen molar-refractivity contribution < 1.29 is 28.2 Å². The normalized spacial score (nSPS) is 13.1. The Kier molecular flexibility index (Phi) is 4.84. The van der Waals surface area contributed by atoms with Gasteiger partial charge in [-0.3, -0.25) is 9.59 Å². The van der Waals surface area contributed by atoms with E-state index < -0.39 is 34.4 Å². The van der Waals surface area contributed by atoms with E-state index in [1.165, 1.54) is 6.20 Å². The van der Waals surface area contributed by atoms with Crippen molar-refractivity contribution in [2.45, 2.75) is 37.9 Å². The Morgan fingerprint density at radius 1 is 1.45 bits per heavy atom. The fraction of sp³-hybridized carbons (Fsp3) is 0.500. The average Bonchev–Trinajstić information content (AvgIpc) is 2.69. The Balaban J connectivity index is 3.02. The summed E-state index contributed by atoms with van der Waals surface area (Å²) in [6.45, 7) is 3.91. The number of carboxylic acid groups (broad SMARTS) is 2. The summed E-state index contributed by atoms with van der Waals surface area (Å²) in [5.74, 6) is -2.53. The van der Waals surface area contributed by atoms with Gasteiger partial charge in [0.05, 0.1) is 6.42 Å². The molecule has 3 N–H and O–H groups in total. The molecule has 0 unspecified atom stereocenters. The van der Waals surface area contributed by atoms with Crippen molar-refractivity contribution in [2.24, 2.45) is 0 Å². The van der Waals surface area contributed by atoms with Gasteiger partial charge in [0, 0.05) is 12.7 Å². The molecule has 1 aromatic heterocycles. The van der Waals surface area contributed by atoms with Crippen molar-refractivity contribution >= 4 is 22.0 Å². The van der Waals surface area contributed by atoms with Crippen molar-refractivity contribution in [1.29, 1.82) is 0 Å². The van der Waals surface area contributed by atoms with Gasteiger partial charge in [0.2, 0.25) is 0 Å². The van der Waals surface area contributed by atoms with E-state index in [9.17, 15) is 18.0 Å². The summed E-state index contributed by atoms with van der Waals surface area (Å²) in [4.78, 5) is 25.2. The molecule has 0 aromatic carbocycles. The first-order valence-electron chi connectivity index (χ1n) is 5.68. The van der Waals surface area contributed by atoms with Crippen LogP contribution in [0.2, 0.25) is 0 Å². The predicted octanol–water partition coefficient (Wildman–Crippen LogP) is -0.582. The molecule has 0 aliphatic heterocycles. The zero-order valence-corrected chi connectivity index (χ0v) is 11.7. The fourth-order valence-electron chi connectivity index (χ4n) is 1.53.